The summed E-state index contributed by atoms with van der Waals surface area (Å²) in [5.74, 6) is 1.41. The third-order valence-corrected chi connectivity index (χ3v) is 6.27. The predicted molar refractivity (Wildman–Crippen MR) is 86.3 cm³/mol. The van der Waals surface area contributed by atoms with Crippen LogP contribution in [0.15, 0.2) is 18.3 Å². The van der Waals surface area contributed by atoms with Crippen molar-refractivity contribution < 1.29 is 15.0 Å². The van der Waals surface area contributed by atoms with Crippen molar-refractivity contribution in [3.63, 3.8) is 0 Å². The van der Waals surface area contributed by atoms with Crippen molar-refractivity contribution in [1.82, 2.24) is 4.98 Å². The lowest BCUT2D eigenvalue weighted by Gasteiger charge is -2.58. The lowest BCUT2D eigenvalue weighted by atomic mass is 9.48. The van der Waals surface area contributed by atoms with Gasteiger partial charge in [0.2, 0.25) is 0 Å². The molecule has 5 heteroatoms. The number of anilines is 1. The summed E-state index contributed by atoms with van der Waals surface area (Å²) in [5, 5.41) is 23.1. The van der Waals surface area contributed by atoms with Gasteiger partial charge < -0.3 is 15.5 Å². The molecule has 1 atom stereocenters. The molecule has 124 valence electrons. The van der Waals surface area contributed by atoms with Gasteiger partial charge in [0.15, 0.2) is 0 Å². The number of rotatable bonds is 5. The number of carboxylic acid groups (broad SMARTS) is 1. The zero-order chi connectivity index (χ0) is 16.0. The Morgan fingerprint density at radius 2 is 1.87 bits per heavy atom. The molecule has 23 heavy (non-hydrogen) atoms. The number of nitrogens with one attached hydrogen (secondary N) is 1. The zero-order valence-corrected chi connectivity index (χ0v) is 13.2. The SMILES string of the molecule is O=C(O)c1cc(NC[C@@H](O)C23CC4CC(CC(C4)C2)C3)ccn1. The highest BCUT2D eigenvalue weighted by molar-refractivity contribution is 5.86. The van der Waals surface area contributed by atoms with Gasteiger partial charge in [-0.25, -0.2) is 9.78 Å². The van der Waals surface area contributed by atoms with Crippen LogP contribution in [0.4, 0.5) is 5.69 Å². The molecular formula is C18H24N2O3. The molecule has 0 radical (unpaired) electrons. The van der Waals surface area contributed by atoms with E-state index in [-0.39, 0.29) is 17.2 Å². The molecule has 5 nitrogen and oxygen atoms in total. The molecule has 4 fully saturated rings. The fraction of sp³-hybridized carbons (Fsp3) is 0.667. The van der Waals surface area contributed by atoms with Crippen LogP contribution in [0.2, 0.25) is 0 Å². The van der Waals surface area contributed by atoms with Gasteiger partial charge in [0.1, 0.15) is 5.69 Å². The second kappa shape index (κ2) is 5.48. The van der Waals surface area contributed by atoms with E-state index in [2.05, 4.69) is 10.3 Å². The first-order valence-corrected chi connectivity index (χ1v) is 8.65. The normalized spacial score (nSPS) is 36.0. The quantitative estimate of drug-likeness (QED) is 0.778. The Kier molecular flexibility index (Phi) is 3.56. The number of carboxylic acids is 1. The molecule has 1 aromatic rings. The number of carbonyl (C=O) groups is 1. The number of nitrogens with zero attached hydrogens (tertiary/aromatic N) is 1. The lowest BCUT2D eigenvalue weighted by molar-refractivity contribution is -0.115. The van der Waals surface area contributed by atoms with Crippen molar-refractivity contribution in [3.8, 4) is 0 Å². The largest absolute Gasteiger partial charge is 0.477 e. The zero-order valence-electron chi connectivity index (χ0n) is 13.2. The van der Waals surface area contributed by atoms with Crippen LogP contribution < -0.4 is 5.32 Å². The van der Waals surface area contributed by atoms with Crippen LogP contribution in [0.5, 0.6) is 0 Å². The Bertz CT molecular complexity index is 581. The summed E-state index contributed by atoms with van der Waals surface area (Å²) in [6.07, 6.45) is 8.72. The maximum Gasteiger partial charge on any atom is 0.354 e. The standard InChI is InChI=1S/C18H24N2O3/c21-16(10-20-14-1-2-19-15(6-14)17(22)23)18-7-11-3-12(8-18)5-13(4-11)9-18/h1-2,6,11-13,16,21H,3-5,7-10H2,(H,19,20)(H,22,23)/t11?,12?,13?,16-,18?/m1/s1. The molecule has 1 aromatic heterocycles. The average Bonchev–Trinajstić information content (AvgIpc) is 2.51. The molecule has 0 saturated heterocycles. The van der Waals surface area contributed by atoms with Gasteiger partial charge in [-0.05, 0) is 73.8 Å². The van der Waals surface area contributed by atoms with Crippen LogP contribution in [-0.2, 0) is 0 Å². The highest BCUT2D eigenvalue weighted by atomic mass is 16.4. The maximum atomic E-state index is 11.0. The van der Waals surface area contributed by atoms with Crippen LogP contribution in [0.3, 0.4) is 0 Å². The Labute approximate surface area is 136 Å². The molecular weight excluding hydrogens is 292 g/mol. The summed E-state index contributed by atoms with van der Waals surface area (Å²) in [5.41, 5.74) is 0.824. The molecule has 1 heterocycles. The van der Waals surface area contributed by atoms with Gasteiger partial charge in [0, 0.05) is 18.4 Å². The van der Waals surface area contributed by atoms with Gasteiger partial charge in [0.25, 0.3) is 0 Å². The van der Waals surface area contributed by atoms with E-state index in [1.807, 2.05) is 0 Å². The molecule has 4 saturated carbocycles. The molecule has 4 aliphatic carbocycles. The molecule has 0 unspecified atom stereocenters. The minimum absolute atomic E-state index is 0.0271. The van der Waals surface area contributed by atoms with Gasteiger partial charge in [0.05, 0.1) is 6.10 Å². The Morgan fingerprint density at radius 3 is 2.43 bits per heavy atom. The van der Waals surface area contributed by atoms with Gasteiger partial charge in [-0.2, -0.15) is 0 Å². The molecule has 0 aliphatic heterocycles. The van der Waals surface area contributed by atoms with Gasteiger partial charge in [-0.3, -0.25) is 0 Å². The number of pyridine rings is 1. The van der Waals surface area contributed by atoms with Crippen molar-refractivity contribution in [2.45, 2.75) is 44.6 Å². The first-order valence-electron chi connectivity index (χ1n) is 8.65. The molecule has 5 rings (SSSR count). The maximum absolute atomic E-state index is 11.0. The Hall–Kier alpha value is -1.62. The van der Waals surface area contributed by atoms with E-state index in [4.69, 9.17) is 5.11 Å². The molecule has 4 aliphatic rings. The van der Waals surface area contributed by atoms with Gasteiger partial charge >= 0.3 is 5.97 Å². The molecule has 4 bridgehead atoms. The van der Waals surface area contributed by atoms with Crippen molar-refractivity contribution >= 4 is 11.7 Å². The number of aromatic nitrogens is 1. The highest BCUT2D eigenvalue weighted by Crippen LogP contribution is 2.61. The Balaban J connectivity index is 1.43. The molecule has 0 spiro atoms. The summed E-state index contributed by atoms with van der Waals surface area (Å²) in [6.45, 7) is 0.481. The highest BCUT2D eigenvalue weighted by Gasteiger charge is 2.53. The topological polar surface area (TPSA) is 82.5 Å². The van der Waals surface area contributed by atoms with Gasteiger partial charge in [-0.15, -0.1) is 0 Å². The summed E-state index contributed by atoms with van der Waals surface area (Å²) >= 11 is 0. The van der Waals surface area contributed by atoms with E-state index >= 15 is 0 Å². The monoisotopic (exact) mass is 316 g/mol. The van der Waals surface area contributed by atoms with E-state index in [1.165, 1.54) is 50.8 Å². The fourth-order valence-corrected chi connectivity index (χ4v) is 5.67. The second-order valence-corrected chi connectivity index (χ2v) is 7.91. The van der Waals surface area contributed by atoms with E-state index in [9.17, 15) is 9.90 Å². The van der Waals surface area contributed by atoms with E-state index in [1.54, 1.807) is 6.07 Å². The minimum Gasteiger partial charge on any atom is -0.477 e. The van der Waals surface area contributed by atoms with Crippen LogP contribution in [0, 0.1) is 23.2 Å². The number of aliphatic hydroxyl groups excluding tert-OH is 1. The number of aliphatic hydroxyl groups is 1. The van der Waals surface area contributed by atoms with Crippen LogP contribution >= 0.6 is 0 Å². The van der Waals surface area contributed by atoms with E-state index in [0.717, 1.165) is 17.8 Å². The first-order chi connectivity index (χ1) is 11.0. The molecule has 0 aromatic carbocycles. The second-order valence-electron chi connectivity index (χ2n) is 7.91. The summed E-state index contributed by atoms with van der Waals surface area (Å²) in [6, 6.07) is 3.27. The molecule has 0 amide bonds. The fourth-order valence-electron chi connectivity index (χ4n) is 5.67. The lowest BCUT2D eigenvalue weighted by Crippen LogP contribution is -2.53. The third kappa shape index (κ3) is 2.71. The van der Waals surface area contributed by atoms with Gasteiger partial charge in [-0.1, -0.05) is 0 Å². The van der Waals surface area contributed by atoms with Crippen molar-refractivity contribution in [2.75, 3.05) is 11.9 Å². The van der Waals surface area contributed by atoms with E-state index < -0.39 is 5.97 Å². The van der Waals surface area contributed by atoms with Crippen molar-refractivity contribution in [2.24, 2.45) is 23.2 Å². The number of aromatic carboxylic acids is 1. The van der Waals surface area contributed by atoms with Crippen LogP contribution in [0.25, 0.3) is 0 Å². The summed E-state index contributed by atoms with van der Waals surface area (Å²) < 4.78 is 0. The summed E-state index contributed by atoms with van der Waals surface area (Å²) in [4.78, 5) is 14.8. The summed E-state index contributed by atoms with van der Waals surface area (Å²) in [7, 11) is 0. The third-order valence-electron chi connectivity index (χ3n) is 6.27. The van der Waals surface area contributed by atoms with E-state index in [0.29, 0.717) is 12.2 Å². The van der Waals surface area contributed by atoms with Crippen LogP contribution in [0.1, 0.15) is 49.0 Å². The number of hydrogen-bond donors (Lipinski definition) is 3. The minimum atomic E-state index is -1.03. The van der Waals surface area contributed by atoms with Crippen LogP contribution in [-0.4, -0.2) is 33.8 Å². The number of hydrogen-bond acceptors (Lipinski definition) is 4. The van der Waals surface area contributed by atoms with Crippen molar-refractivity contribution in [1.29, 1.82) is 0 Å². The predicted octanol–water partition coefficient (Wildman–Crippen LogP) is 2.77. The van der Waals surface area contributed by atoms with Crippen molar-refractivity contribution in [3.05, 3.63) is 24.0 Å². The Morgan fingerprint density at radius 1 is 1.26 bits per heavy atom. The average molecular weight is 316 g/mol. The first kappa shape index (κ1) is 14.9. The molecule has 3 N–H and O–H groups in total. The smallest absolute Gasteiger partial charge is 0.354 e.